The lowest BCUT2D eigenvalue weighted by atomic mass is 10.1. The lowest BCUT2D eigenvalue weighted by molar-refractivity contribution is -0.133. The summed E-state index contributed by atoms with van der Waals surface area (Å²) in [5, 5.41) is 8.88. The highest BCUT2D eigenvalue weighted by atomic mass is 16.5. The van der Waals surface area contributed by atoms with Crippen molar-refractivity contribution >= 4 is 5.91 Å². The molecule has 5 heteroatoms. The maximum atomic E-state index is 12.5. The summed E-state index contributed by atoms with van der Waals surface area (Å²) in [7, 11) is 0. The van der Waals surface area contributed by atoms with Crippen LogP contribution in [0.15, 0.2) is 42.5 Å². The Morgan fingerprint density at radius 3 is 2.46 bits per heavy atom. The topological polar surface area (TPSA) is 56.6 Å². The molecule has 0 aliphatic carbocycles. The van der Waals surface area contributed by atoms with Crippen LogP contribution >= 0.6 is 0 Å². The first-order valence-electron chi connectivity index (χ1n) is 9.75. The highest BCUT2D eigenvalue weighted by Crippen LogP contribution is 2.20. The average Bonchev–Trinajstić information content (AvgIpc) is 2.72. The summed E-state index contributed by atoms with van der Waals surface area (Å²) in [4.78, 5) is 16.7. The minimum atomic E-state index is 0.156. The van der Waals surface area contributed by atoms with Gasteiger partial charge in [0.05, 0.1) is 24.7 Å². The summed E-state index contributed by atoms with van der Waals surface area (Å²) in [5.41, 5.74) is 4.21. The van der Waals surface area contributed by atoms with Crippen LogP contribution in [0, 0.1) is 25.2 Å². The van der Waals surface area contributed by atoms with Gasteiger partial charge in [0.15, 0.2) is 0 Å². The Hall–Kier alpha value is -2.84. The number of piperazine rings is 1. The number of carbonyl (C=O) groups excluding carboxylic acids is 1. The fraction of sp³-hybridized carbons (Fsp3) is 0.391. The molecular weight excluding hydrogens is 350 g/mol. The molecule has 0 aromatic heterocycles. The van der Waals surface area contributed by atoms with Crippen LogP contribution in [0.25, 0.3) is 0 Å². The molecule has 28 heavy (non-hydrogen) atoms. The summed E-state index contributed by atoms with van der Waals surface area (Å²) < 4.78 is 5.82. The zero-order valence-corrected chi connectivity index (χ0v) is 16.6. The Kier molecular flexibility index (Phi) is 6.67. The van der Waals surface area contributed by atoms with Crippen molar-refractivity contribution in [2.45, 2.75) is 26.8 Å². The molecule has 3 rings (SSSR count). The number of benzene rings is 2. The first kappa shape index (κ1) is 19.9. The van der Waals surface area contributed by atoms with E-state index in [0.717, 1.165) is 44.0 Å². The zero-order chi connectivity index (χ0) is 19.9. The van der Waals surface area contributed by atoms with E-state index in [4.69, 9.17) is 10.00 Å². The van der Waals surface area contributed by atoms with Gasteiger partial charge in [-0.05, 0) is 48.7 Å². The van der Waals surface area contributed by atoms with Crippen LogP contribution in [-0.4, -0.2) is 48.5 Å². The molecular formula is C23H27N3O2. The lowest BCUT2D eigenvalue weighted by Crippen LogP contribution is -2.48. The average molecular weight is 377 g/mol. The number of rotatable bonds is 6. The third-order valence-corrected chi connectivity index (χ3v) is 5.34. The first-order valence-corrected chi connectivity index (χ1v) is 9.75. The van der Waals surface area contributed by atoms with E-state index in [2.05, 4.69) is 24.0 Å². The predicted octanol–water partition coefficient (Wildman–Crippen LogP) is 3.29. The third kappa shape index (κ3) is 5.11. The number of amides is 1. The van der Waals surface area contributed by atoms with Gasteiger partial charge < -0.3 is 9.64 Å². The van der Waals surface area contributed by atoms with E-state index in [0.29, 0.717) is 18.6 Å². The smallest absolute Gasteiger partial charge is 0.226 e. The van der Waals surface area contributed by atoms with E-state index in [1.165, 1.54) is 11.1 Å². The molecule has 2 aromatic carbocycles. The molecule has 1 aliphatic heterocycles. The standard InChI is InChI=1S/C23H27N3O2/c1-18-4-3-5-22(19(18)2)28-15-10-23(27)26-13-11-25(12-14-26)17-21-8-6-20(16-24)7-9-21/h3-9H,10-15,17H2,1-2H3. The van der Waals surface area contributed by atoms with Crippen LogP contribution in [0.1, 0.15) is 28.7 Å². The van der Waals surface area contributed by atoms with Gasteiger partial charge in [-0.15, -0.1) is 0 Å². The molecule has 0 atom stereocenters. The monoisotopic (exact) mass is 377 g/mol. The molecule has 1 fully saturated rings. The van der Waals surface area contributed by atoms with Gasteiger partial charge in [0, 0.05) is 32.7 Å². The quantitative estimate of drug-likeness (QED) is 0.775. The van der Waals surface area contributed by atoms with Crippen molar-refractivity contribution in [1.82, 2.24) is 9.80 Å². The molecule has 0 N–H and O–H groups in total. The summed E-state index contributed by atoms with van der Waals surface area (Å²) in [6, 6.07) is 15.8. The van der Waals surface area contributed by atoms with E-state index in [1.54, 1.807) is 0 Å². The predicted molar refractivity (Wildman–Crippen MR) is 109 cm³/mol. The van der Waals surface area contributed by atoms with Crippen LogP contribution < -0.4 is 4.74 Å². The SMILES string of the molecule is Cc1cccc(OCCC(=O)N2CCN(Cc3ccc(C#N)cc3)CC2)c1C. The maximum Gasteiger partial charge on any atom is 0.226 e. The number of hydrogen-bond donors (Lipinski definition) is 0. The van der Waals surface area contributed by atoms with Gasteiger partial charge in [0.2, 0.25) is 5.91 Å². The fourth-order valence-corrected chi connectivity index (χ4v) is 3.39. The van der Waals surface area contributed by atoms with Gasteiger partial charge in [-0.1, -0.05) is 24.3 Å². The minimum Gasteiger partial charge on any atom is -0.493 e. The molecule has 0 spiro atoms. The second-order valence-corrected chi connectivity index (χ2v) is 7.26. The number of ether oxygens (including phenoxy) is 1. The van der Waals surface area contributed by atoms with Crippen molar-refractivity contribution < 1.29 is 9.53 Å². The molecule has 1 heterocycles. The highest BCUT2D eigenvalue weighted by Gasteiger charge is 2.21. The number of aryl methyl sites for hydroxylation is 1. The Balaban J connectivity index is 1.41. The van der Waals surface area contributed by atoms with Gasteiger partial charge in [-0.2, -0.15) is 5.26 Å². The van der Waals surface area contributed by atoms with Gasteiger partial charge in [0.25, 0.3) is 0 Å². The van der Waals surface area contributed by atoms with E-state index in [9.17, 15) is 4.79 Å². The second-order valence-electron chi connectivity index (χ2n) is 7.26. The Bertz CT molecular complexity index is 847. The van der Waals surface area contributed by atoms with Crippen LogP contribution in [0.2, 0.25) is 0 Å². The maximum absolute atomic E-state index is 12.5. The molecule has 1 amide bonds. The molecule has 146 valence electrons. The van der Waals surface area contributed by atoms with Crippen LogP contribution in [0.5, 0.6) is 5.75 Å². The van der Waals surface area contributed by atoms with Crippen LogP contribution in [0.3, 0.4) is 0 Å². The number of nitriles is 1. The third-order valence-electron chi connectivity index (χ3n) is 5.34. The van der Waals surface area contributed by atoms with Crippen molar-refractivity contribution in [3.05, 3.63) is 64.7 Å². The van der Waals surface area contributed by atoms with E-state index in [-0.39, 0.29) is 5.91 Å². The van der Waals surface area contributed by atoms with E-state index in [1.807, 2.05) is 48.2 Å². The molecule has 0 saturated carbocycles. The fourth-order valence-electron chi connectivity index (χ4n) is 3.39. The van der Waals surface area contributed by atoms with Gasteiger partial charge in [-0.3, -0.25) is 9.69 Å². The number of carbonyl (C=O) groups is 1. The van der Waals surface area contributed by atoms with Crippen molar-refractivity contribution in [1.29, 1.82) is 5.26 Å². The van der Waals surface area contributed by atoms with Gasteiger partial charge in [0.1, 0.15) is 5.75 Å². The Morgan fingerprint density at radius 1 is 1.07 bits per heavy atom. The Labute approximate surface area is 167 Å². The largest absolute Gasteiger partial charge is 0.493 e. The molecule has 0 bridgehead atoms. The minimum absolute atomic E-state index is 0.156. The summed E-state index contributed by atoms with van der Waals surface area (Å²) in [5.74, 6) is 1.02. The van der Waals surface area contributed by atoms with Crippen molar-refractivity contribution in [2.75, 3.05) is 32.8 Å². The second kappa shape index (κ2) is 9.38. The summed E-state index contributed by atoms with van der Waals surface area (Å²) in [6.07, 6.45) is 0.406. The molecule has 0 radical (unpaired) electrons. The molecule has 5 nitrogen and oxygen atoms in total. The van der Waals surface area contributed by atoms with Gasteiger partial charge >= 0.3 is 0 Å². The molecule has 1 aliphatic rings. The number of hydrogen-bond acceptors (Lipinski definition) is 4. The summed E-state index contributed by atoms with van der Waals surface area (Å²) >= 11 is 0. The van der Waals surface area contributed by atoms with Crippen molar-refractivity contribution in [3.8, 4) is 11.8 Å². The molecule has 0 unspecified atom stereocenters. The number of nitrogens with zero attached hydrogens (tertiary/aromatic N) is 3. The van der Waals surface area contributed by atoms with Crippen LogP contribution in [-0.2, 0) is 11.3 Å². The first-order chi connectivity index (χ1) is 13.6. The molecule has 1 saturated heterocycles. The van der Waals surface area contributed by atoms with Gasteiger partial charge in [-0.25, -0.2) is 0 Å². The van der Waals surface area contributed by atoms with Crippen LogP contribution in [0.4, 0.5) is 0 Å². The zero-order valence-electron chi connectivity index (χ0n) is 16.6. The lowest BCUT2D eigenvalue weighted by Gasteiger charge is -2.34. The highest BCUT2D eigenvalue weighted by molar-refractivity contribution is 5.76. The Morgan fingerprint density at radius 2 is 1.79 bits per heavy atom. The molecule has 2 aromatic rings. The van der Waals surface area contributed by atoms with E-state index >= 15 is 0 Å². The van der Waals surface area contributed by atoms with E-state index < -0.39 is 0 Å². The van der Waals surface area contributed by atoms with Crippen molar-refractivity contribution in [2.24, 2.45) is 0 Å². The summed E-state index contributed by atoms with van der Waals surface area (Å²) in [6.45, 7) is 8.59. The normalized spacial score (nSPS) is 14.5. The van der Waals surface area contributed by atoms with Crippen molar-refractivity contribution in [3.63, 3.8) is 0 Å².